The van der Waals surface area contributed by atoms with Crippen molar-refractivity contribution in [2.45, 2.75) is 44.2 Å². The summed E-state index contributed by atoms with van der Waals surface area (Å²) in [4.78, 5) is 26.9. The summed E-state index contributed by atoms with van der Waals surface area (Å²) in [5.74, 6) is -1.30. The van der Waals surface area contributed by atoms with Crippen LogP contribution in [0.25, 0.3) is 0 Å². The van der Waals surface area contributed by atoms with Gasteiger partial charge in [0.2, 0.25) is 11.8 Å². The number of piperidine rings is 3. The maximum atomic E-state index is 13.8. The Hall–Kier alpha value is -1.73. The van der Waals surface area contributed by atoms with Gasteiger partial charge in [0.25, 0.3) is 0 Å². The SMILES string of the molecule is Cl.O=C(Cc1cccc(F)c1F)NC[C@H]1[C@@H]2CNC[C@@H](C2)[C@@H]2CCCC(=O)N21. The first-order chi connectivity index (χ1) is 13.0. The third kappa shape index (κ3) is 4.01. The highest BCUT2D eigenvalue weighted by molar-refractivity contribution is 5.85. The molecule has 3 aliphatic heterocycles. The van der Waals surface area contributed by atoms with E-state index in [1.54, 1.807) is 0 Å². The van der Waals surface area contributed by atoms with Gasteiger partial charge in [-0.3, -0.25) is 9.59 Å². The molecule has 2 N–H and O–H groups in total. The molecule has 0 aromatic heterocycles. The van der Waals surface area contributed by atoms with Gasteiger partial charge in [-0.05, 0) is 43.7 Å². The van der Waals surface area contributed by atoms with Crippen LogP contribution in [0.3, 0.4) is 0 Å². The van der Waals surface area contributed by atoms with Crippen LogP contribution in [0.4, 0.5) is 8.78 Å². The van der Waals surface area contributed by atoms with Gasteiger partial charge in [-0.25, -0.2) is 8.78 Å². The molecule has 1 aromatic carbocycles. The minimum atomic E-state index is -0.976. The highest BCUT2D eigenvalue weighted by atomic mass is 35.5. The van der Waals surface area contributed by atoms with Crippen molar-refractivity contribution in [3.63, 3.8) is 0 Å². The van der Waals surface area contributed by atoms with Gasteiger partial charge >= 0.3 is 0 Å². The summed E-state index contributed by atoms with van der Waals surface area (Å²) < 4.78 is 27.1. The molecule has 4 rings (SSSR count). The average molecular weight is 414 g/mol. The van der Waals surface area contributed by atoms with Crippen molar-refractivity contribution in [1.82, 2.24) is 15.5 Å². The molecule has 154 valence electrons. The van der Waals surface area contributed by atoms with Crippen LogP contribution in [0.1, 0.15) is 31.2 Å². The van der Waals surface area contributed by atoms with Gasteiger partial charge in [0.1, 0.15) is 0 Å². The van der Waals surface area contributed by atoms with Crippen molar-refractivity contribution >= 4 is 24.2 Å². The molecule has 1 aromatic rings. The topological polar surface area (TPSA) is 61.4 Å². The average Bonchev–Trinajstić information content (AvgIpc) is 2.66. The molecule has 2 bridgehead atoms. The predicted octanol–water partition coefficient (Wildman–Crippen LogP) is 2.03. The van der Waals surface area contributed by atoms with Crippen molar-refractivity contribution in [2.75, 3.05) is 19.6 Å². The molecular formula is C20H26ClF2N3O2. The number of nitrogens with one attached hydrogen (secondary N) is 2. The van der Waals surface area contributed by atoms with Crippen molar-refractivity contribution in [2.24, 2.45) is 11.8 Å². The Kier molecular flexibility index (Phi) is 6.55. The number of nitrogens with zero attached hydrogens (tertiary/aromatic N) is 1. The van der Waals surface area contributed by atoms with Crippen LogP contribution < -0.4 is 10.6 Å². The monoisotopic (exact) mass is 413 g/mol. The second-order valence-corrected chi connectivity index (χ2v) is 7.94. The van der Waals surface area contributed by atoms with E-state index in [1.165, 1.54) is 12.1 Å². The van der Waals surface area contributed by atoms with Crippen LogP contribution in [-0.2, 0) is 16.0 Å². The summed E-state index contributed by atoms with van der Waals surface area (Å²) in [7, 11) is 0. The van der Waals surface area contributed by atoms with E-state index >= 15 is 0 Å². The second kappa shape index (κ2) is 8.74. The first kappa shape index (κ1) is 21.0. The van der Waals surface area contributed by atoms with Gasteiger partial charge in [-0.15, -0.1) is 12.4 Å². The number of carbonyl (C=O) groups is 2. The molecule has 0 saturated carbocycles. The zero-order valence-electron chi connectivity index (χ0n) is 15.6. The molecule has 3 fully saturated rings. The van der Waals surface area contributed by atoms with Crippen LogP contribution in [-0.4, -0.2) is 48.4 Å². The number of benzene rings is 1. The number of amides is 2. The molecule has 0 spiro atoms. The standard InChI is InChI=1S/C20H25F2N3O2.ClH/c21-15-4-1-3-12(20(15)22)8-18(26)24-11-17-14-7-13(9-23-10-14)16-5-2-6-19(27)25(16)17;/h1,3-4,13-14,16-17,23H,2,5-11H2,(H,24,26);1H/t13-,14+,16+,17+;/m1./s1. The number of rotatable bonds is 4. The van der Waals surface area contributed by atoms with E-state index in [-0.39, 0.29) is 48.3 Å². The minimum absolute atomic E-state index is 0. The maximum Gasteiger partial charge on any atom is 0.224 e. The molecule has 3 aliphatic rings. The van der Waals surface area contributed by atoms with Crippen molar-refractivity contribution in [1.29, 1.82) is 0 Å². The largest absolute Gasteiger partial charge is 0.354 e. The summed E-state index contributed by atoms with van der Waals surface area (Å²) in [6.07, 6.45) is 3.38. The van der Waals surface area contributed by atoms with Crippen molar-refractivity contribution < 1.29 is 18.4 Å². The molecule has 3 heterocycles. The Bertz CT molecular complexity index is 748. The molecule has 0 unspecified atom stereocenters. The molecule has 3 saturated heterocycles. The molecule has 5 nitrogen and oxygen atoms in total. The Morgan fingerprint density at radius 1 is 1.25 bits per heavy atom. The van der Waals surface area contributed by atoms with E-state index < -0.39 is 11.6 Å². The zero-order valence-corrected chi connectivity index (χ0v) is 16.4. The normalized spacial score (nSPS) is 28.9. The highest BCUT2D eigenvalue weighted by Crippen LogP contribution is 2.39. The first-order valence-corrected chi connectivity index (χ1v) is 9.76. The molecular weight excluding hydrogens is 388 g/mol. The second-order valence-electron chi connectivity index (χ2n) is 7.94. The first-order valence-electron chi connectivity index (χ1n) is 9.76. The third-order valence-corrected chi connectivity index (χ3v) is 6.29. The fourth-order valence-electron chi connectivity index (χ4n) is 5.04. The van der Waals surface area contributed by atoms with Gasteiger partial charge in [0.05, 0.1) is 12.5 Å². The highest BCUT2D eigenvalue weighted by Gasteiger charge is 2.47. The van der Waals surface area contributed by atoms with E-state index in [0.717, 1.165) is 38.4 Å². The Balaban J connectivity index is 0.00000225. The number of fused-ring (bicyclic) bond motifs is 4. The molecule has 4 atom stereocenters. The summed E-state index contributed by atoms with van der Waals surface area (Å²) >= 11 is 0. The van der Waals surface area contributed by atoms with E-state index in [9.17, 15) is 18.4 Å². The van der Waals surface area contributed by atoms with Crippen molar-refractivity contribution in [3.05, 3.63) is 35.4 Å². The van der Waals surface area contributed by atoms with Crippen LogP contribution in [0.2, 0.25) is 0 Å². The van der Waals surface area contributed by atoms with E-state index in [0.29, 0.717) is 24.8 Å². The molecule has 0 aliphatic carbocycles. The van der Waals surface area contributed by atoms with Crippen molar-refractivity contribution in [3.8, 4) is 0 Å². The van der Waals surface area contributed by atoms with E-state index in [1.807, 2.05) is 4.90 Å². The van der Waals surface area contributed by atoms with Gasteiger partial charge < -0.3 is 15.5 Å². The van der Waals surface area contributed by atoms with Gasteiger partial charge in [-0.1, -0.05) is 12.1 Å². The lowest BCUT2D eigenvalue weighted by Gasteiger charge is -2.54. The number of halogens is 3. The summed E-state index contributed by atoms with van der Waals surface area (Å²) in [6, 6.07) is 4.06. The van der Waals surface area contributed by atoms with Crippen LogP contribution in [0.15, 0.2) is 18.2 Å². The lowest BCUT2D eigenvalue weighted by atomic mass is 9.72. The molecule has 8 heteroatoms. The van der Waals surface area contributed by atoms with E-state index in [4.69, 9.17) is 0 Å². The predicted molar refractivity (Wildman–Crippen MR) is 103 cm³/mol. The van der Waals surface area contributed by atoms with Gasteiger partial charge in [0, 0.05) is 31.1 Å². The molecule has 28 heavy (non-hydrogen) atoms. The number of carbonyl (C=O) groups excluding carboxylic acids is 2. The quantitative estimate of drug-likeness (QED) is 0.794. The van der Waals surface area contributed by atoms with Gasteiger partial charge in [-0.2, -0.15) is 0 Å². The van der Waals surface area contributed by atoms with Crippen LogP contribution >= 0.6 is 12.4 Å². The number of hydrogen-bond donors (Lipinski definition) is 2. The Labute approximate surface area is 169 Å². The third-order valence-electron chi connectivity index (χ3n) is 6.29. The smallest absolute Gasteiger partial charge is 0.224 e. The Morgan fingerprint density at radius 3 is 2.86 bits per heavy atom. The summed E-state index contributed by atoms with van der Waals surface area (Å²) in [6.45, 7) is 2.14. The zero-order chi connectivity index (χ0) is 19.0. The fourth-order valence-corrected chi connectivity index (χ4v) is 5.04. The Morgan fingerprint density at radius 2 is 2.04 bits per heavy atom. The van der Waals surface area contributed by atoms with Gasteiger partial charge in [0.15, 0.2) is 11.6 Å². The summed E-state index contributed by atoms with van der Waals surface area (Å²) in [5.41, 5.74) is 0.0440. The lowest BCUT2D eigenvalue weighted by Crippen LogP contribution is -2.66. The summed E-state index contributed by atoms with van der Waals surface area (Å²) in [5, 5.41) is 6.32. The van der Waals surface area contributed by atoms with E-state index in [2.05, 4.69) is 10.6 Å². The molecule has 2 amide bonds. The minimum Gasteiger partial charge on any atom is -0.354 e. The van der Waals surface area contributed by atoms with Crippen LogP contribution in [0, 0.1) is 23.5 Å². The number of hydrogen-bond acceptors (Lipinski definition) is 3. The maximum absolute atomic E-state index is 13.8. The molecule has 0 radical (unpaired) electrons. The fraction of sp³-hybridized carbons (Fsp3) is 0.600. The van der Waals surface area contributed by atoms with Crippen LogP contribution in [0.5, 0.6) is 0 Å². The lowest BCUT2D eigenvalue weighted by molar-refractivity contribution is -0.149.